The first-order chi connectivity index (χ1) is 8.08. The van der Waals surface area contributed by atoms with Gasteiger partial charge >= 0.3 is 0 Å². The second kappa shape index (κ2) is 5.01. The van der Waals surface area contributed by atoms with Gasteiger partial charge in [0.2, 0.25) is 10.0 Å². The van der Waals surface area contributed by atoms with Crippen LogP contribution in [0.2, 0.25) is 0 Å². The molecule has 0 unspecified atom stereocenters. The summed E-state index contributed by atoms with van der Waals surface area (Å²) in [5, 5.41) is -0.233. The number of rotatable bonds is 4. The fourth-order valence-electron chi connectivity index (χ4n) is 2.09. The highest BCUT2D eigenvalue weighted by atomic mass is 32.2. The minimum Gasteiger partial charge on any atom is -0.384 e. The van der Waals surface area contributed by atoms with Crippen LogP contribution in [0.3, 0.4) is 0 Å². The number of nitrogens with one attached hydrogen (secondary N) is 1. The van der Waals surface area contributed by atoms with Crippen LogP contribution in [0.4, 0.5) is 5.82 Å². The molecule has 0 bridgehead atoms. The maximum absolute atomic E-state index is 11.9. The summed E-state index contributed by atoms with van der Waals surface area (Å²) >= 11 is 0. The Labute approximate surface area is 101 Å². The predicted octanol–water partition coefficient (Wildman–Crippen LogP) is 1.03. The molecule has 17 heavy (non-hydrogen) atoms. The van der Waals surface area contributed by atoms with Crippen molar-refractivity contribution in [1.82, 2.24) is 9.71 Å². The van der Waals surface area contributed by atoms with Crippen molar-refractivity contribution in [2.24, 2.45) is 0 Å². The lowest BCUT2D eigenvalue weighted by Crippen LogP contribution is -2.32. The second-order valence-corrected chi connectivity index (χ2v) is 6.37. The number of hydrogen-bond acceptors (Lipinski definition) is 4. The van der Waals surface area contributed by atoms with Crippen molar-refractivity contribution in [3.8, 4) is 0 Å². The van der Waals surface area contributed by atoms with E-state index in [2.05, 4.69) is 9.71 Å². The summed E-state index contributed by atoms with van der Waals surface area (Å²) in [5.74, 6) is 0.405. The smallest absolute Gasteiger partial charge is 0.214 e. The number of aromatic nitrogens is 1. The SMILES string of the molecule is Nc1cccc(CNS(=O)(=O)C2CCCC2)n1. The number of pyridine rings is 1. The van der Waals surface area contributed by atoms with Crippen molar-refractivity contribution < 1.29 is 8.42 Å². The molecular formula is C11H17N3O2S. The number of nitrogens with two attached hydrogens (primary N) is 1. The fourth-order valence-corrected chi connectivity index (χ4v) is 3.63. The minimum absolute atomic E-state index is 0.212. The van der Waals surface area contributed by atoms with E-state index in [1.807, 2.05) is 0 Å². The van der Waals surface area contributed by atoms with Crippen LogP contribution >= 0.6 is 0 Å². The van der Waals surface area contributed by atoms with E-state index in [-0.39, 0.29) is 11.8 Å². The monoisotopic (exact) mass is 255 g/mol. The minimum atomic E-state index is -3.20. The van der Waals surface area contributed by atoms with Crippen LogP contribution in [-0.2, 0) is 16.6 Å². The summed E-state index contributed by atoms with van der Waals surface area (Å²) in [7, 11) is -3.20. The summed E-state index contributed by atoms with van der Waals surface area (Å²) in [6, 6.07) is 5.20. The van der Waals surface area contributed by atoms with Crippen molar-refractivity contribution in [1.29, 1.82) is 0 Å². The number of anilines is 1. The Morgan fingerprint density at radius 2 is 2.06 bits per heavy atom. The first-order valence-corrected chi connectivity index (χ1v) is 7.32. The van der Waals surface area contributed by atoms with Crippen molar-refractivity contribution >= 4 is 15.8 Å². The lowest BCUT2D eigenvalue weighted by molar-refractivity contribution is 0.563. The van der Waals surface area contributed by atoms with Gasteiger partial charge in [0.05, 0.1) is 17.5 Å². The Morgan fingerprint density at radius 1 is 1.35 bits per heavy atom. The van der Waals surface area contributed by atoms with Gasteiger partial charge in [0, 0.05) is 0 Å². The quantitative estimate of drug-likeness (QED) is 0.841. The van der Waals surface area contributed by atoms with Gasteiger partial charge in [-0.1, -0.05) is 18.9 Å². The molecule has 94 valence electrons. The molecule has 0 aliphatic heterocycles. The molecule has 2 rings (SSSR count). The van der Waals surface area contributed by atoms with E-state index in [1.54, 1.807) is 18.2 Å². The van der Waals surface area contributed by atoms with Gasteiger partial charge in [-0.15, -0.1) is 0 Å². The molecule has 1 aliphatic rings. The average molecular weight is 255 g/mol. The zero-order valence-corrected chi connectivity index (χ0v) is 10.4. The molecule has 0 spiro atoms. The highest BCUT2D eigenvalue weighted by molar-refractivity contribution is 7.90. The van der Waals surface area contributed by atoms with Crippen molar-refractivity contribution in [2.75, 3.05) is 5.73 Å². The molecule has 6 heteroatoms. The number of nitrogens with zero attached hydrogens (tertiary/aromatic N) is 1. The van der Waals surface area contributed by atoms with Gasteiger partial charge in [0.25, 0.3) is 0 Å². The van der Waals surface area contributed by atoms with Gasteiger partial charge < -0.3 is 5.73 Å². The third-order valence-electron chi connectivity index (χ3n) is 3.02. The maximum Gasteiger partial charge on any atom is 0.214 e. The second-order valence-electron chi connectivity index (χ2n) is 4.33. The Bertz CT molecular complexity index is 481. The van der Waals surface area contributed by atoms with Crippen LogP contribution in [0.15, 0.2) is 18.2 Å². The van der Waals surface area contributed by atoms with E-state index in [1.165, 1.54) is 0 Å². The van der Waals surface area contributed by atoms with Gasteiger partial charge in [-0.2, -0.15) is 0 Å². The highest BCUT2D eigenvalue weighted by Gasteiger charge is 2.28. The van der Waals surface area contributed by atoms with E-state index in [4.69, 9.17) is 5.73 Å². The molecule has 0 amide bonds. The topological polar surface area (TPSA) is 85.1 Å². The van der Waals surface area contributed by atoms with Gasteiger partial charge in [-0.05, 0) is 25.0 Å². The summed E-state index contributed by atoms with van der Waals surface area (Å²) in [6.45, 7) is 0.212. The molecule has 3 N–H and O–H groups in total. The molecule has 5 nitrogen and oxygen atoms in total. The van der Waals surface area contributed by atoms with E-state index in [0.717, 1.165) is 25.7 Å². The van der Waals surface area contributed by atoms with Crippen molar-refractivity contribution in [3.05, 3.63) is 23.9 Å². The van der Waals surface area contributed by atoms with Gasteiger partial charge in [-0.25, -0.2) is 18.1 Å². The third kappa shape index (κ3) is 3.17. The number of hydrogen-bond donors (Lipinski definition) is 2. The molecule has 1 fully saturated rings. The summed E-state index contributed by atoms with van der Waals surface area (Å²) in [6.07, 6.45) is 3.53. The molecule has 0 saturated heterocycles. The first kappa shape index (κ1) is 12.3. The molecule has 1 aromatic rings. The molecule has 1 aliphatic carbocycles. The Morgan fingerprint density at radius 3 is 2.71 bits per heavy atom. The standard InChI is InChI=1S/C11H17N3O2S/c12-11-7-3-4-9(14-11)8-13-17(15,16)10-5-1-2-6-10/h3-4,7,10,13H,1-2,5-6,8H2,(H2,12,14). The average Bonchev–Trinajstić information content (AvgIpc) is 2.81. The molecular weight excluding hydrogens is 238 g/mol. The lowest BCUT2D eigenvalue weighted by Gasteiger charge is -2.12. The fraction of sp³-hybridized carbons (Fsp3) is 0.545. The van der Waals surface area contributed by atoms with Crippen LogP contribution in [0.1, 0.15) is 31.4 Å². The molecule has 1 heterocycles. The van der Waals surface area contributed by atoms with E-state index < -0.39 is 10.0 Å². The predicted molar refractivity (Wildman–Crippen MR) is 66.7 cm³/mol. The maximum atomic E-state index is 11.9. The molecule has 0 atom stereocenters. The molecule has 0 aromatic carbocycles. The number of sulfonamides is 1. The Balaban J connectivity index is 1.97. The van der Waals surface area contributed by atoms with Gasteiger partial charge in [0.1, 0.15) is 5.82 Å². The van der Waals surface area contributed by atoms with Crippen LogP contribution in [0.25, 0.3) is 0 Å². The van der Waals surface area contributed by atoms with E-state index in [0.29, 0.717) is 11.5 Å². The summed E-state index contributed by atoms with van der Waals surface area (Å²) in [4.78, 5) is 4.05. The van der Waals surface area contributed by atoms with Crippen molar-refractivity contribution in [2.45, 2.75) is 37.5 Å². The van der Waals surface area contributed by atoms with Crippen molar-refractivity contribution in [3.63, 3.8) is 0 Å². The Hall–Kier alpha value is -1.14. The first-order valence-electron chi connectivity index (χ1n) is 5.78. The zero-order chi connectivity index (χ0) is 12.3. The molecule has 0 radical (unpaired) electrons. The normalized spacial score (nSPS) is 17.4. The highest BCUT2D eigenvalue weighted by Crippen LogP contribution is 2.23. The summed E-state index contributed by atoms with van der Waals surface area (Å²) in [5.41, 5.74) is 6.18. The van der Waals surface area contributed by atoms with Crippen LogP contribution < -0.4 is 10.5 Å². The van der Waals surface area contributed by atoms with E-state index in [9.17, 15) is 8.42 Å². The molecule has 1 saturated carbocycles. The van der Waals surface area contributed by atoms with Crippen LogP contribution in [0, 0.1) is 0 Å². The lowest BCUT2D eigenvalue weighted by atomic mass is 10.3. The summed E-state index contributed by atoms with van der Waals surface area (Å²) < 4.78 is 26.4. The van der Waals surface area contributed by atoms with Gasteiger partial charge in [-0.3, -0.25) is 0 Å². The number of nitrogen functional groups attached to an aromatic ring is 1. The third-order valence-corrected chi connectivity index (χ3v) is 4.92. The van der Waals surface area contributed by atoms with Crippen LogP contribution in [-0.4, -0.2) is 18.7 Å². The van der Waals surface area contributed by atoms with Gasteiger partial charge in [0.15, 0.2) is 0 Å². The largest absolute Gasteiger partial charge is 0.384 e. The zero-order valence-electron chi connectivity index (χ0n) is 9.59. The van der Waals surface area contributed by atoms with Crippen LogP contribution in [0.5, 0.6) is 0 Å². The van der Waals surface area contributed by atoms with E-state index >= 15 is 0 Å². The molecule has 1 aromatic heterocycles. The Kier molecular flexibility index (Phi) is 3.63.